The van der Waals surface area contributed by atoms with Gasteiger partial charge in [0.2, 0.25) is 0 Å². The van der Waals surface area contributed by atoms with Gasteiger partial charge in [0.25, 0.3) is 0 Å². The topological polar surface area (TPSA) is 45.1 Å². The fourth-order valence-electron chi connectivity index (χ4n) is 3.48. The van der Waals surface area contributed by atoms with Crippen LogP contribution in [0.5, 0.6) is 5.75 Å². The molecular formula is C20H26N2O. The fraction of sp³-hybridized carbons (Fsp3) is 0.450. The van der Waals surface area contributed by atoms with Crippen LogP contribution in [-0.4, -0.2) is 22.7 Å². The minimum Gasteiger partial charge on any atom is -0.508 e. The first kappa shape index (κ1) is 16.0. The average Bonchev–Trinajstić information content (AvgIpc) is 2.53. The Balaban J connectivity index is 1.78. The highest BCUT2D eigenvalue weighted by Gasteiger charge is 2.13. The maximum atomic E-state index is 10.1. The van der Waals surface area contributed by atoms with Crippen molar-refractivity contribution in [3.63, 3.8) is 0 Å². The molecule has 1 aromatic carbocycles. The molecule has 0 aliphatic carbocycles. The molecule has 0 radical (unpaired) electrons. The molecule has 0 spiro atoms. The van der Waals surface area contributed by atoms with Crippen LogP contribution in [0.4, 0.5) is 0 Å². The van der Waals surface area contributed by atoms with Gasteiger partial charge < -0.3 is 10.4 Å². The Morgan fingerprint density at radius 1 is 1.17 bits per heavy atom. The summed E-state index contributed by atoms with van der Waals surface area (Å²) in [5.74, 6) is 0.342. The van der Waals surface area contributed by atoms with Crippen molar-refractivity contribution in [3.8, 4) is 16.9 Å². The number of pyridine rings is 1. The lowest BCUT2D eigenvalue weighted by Crippen LogP contribution is -2.34. The van der Waals surface area contributed by atoms with Crippen LogP contribution in [0, 0.1) is 13.8 Å². The standard InChI is InChI=1S/C20H26N2O/c1-14-6-9-20(15(2)22-14)17-11-16(12-19(23)13-17)7-8-18-5-3-4-10-21-18/h6,9,11-13,18,21,23H,3-5,7-8,10H2,1-2H3/t18-/m1/s1. The number of aryl methyl sites for hydroxylation is 3. The van der Waals surface area contributed by atoms with Crippen LogP contribution >= 0.6 is 0 Å². The first-order valence-corrected chi connectivity index (χ1v) is 8.63. The summed E-state index contributed by atoms with van der Waals surface area (Å²) in [6, 6.07) is 10.7. The molecule has 3 rings (SSSR count). The van der Waals surface area contributed by atoms with Gasteiger partial charge >= 0.3 is 0 Å². The Kier molecular flexibility index (Phi) is 4.97. The Morgan fingerprint density at radius 2 is 2.04 bits per heavy atom. The third-order valence-corrected chi connectivity index (χ3v) is 4.71. The highest BCUT2D eigenvalue weighted by Crippen LogP contribution is 2.28. The number of benzene rings is 1. The Morgan fingerprint density at radius 3 is 2.78 bits per heavy atom. The van der Waals surface area contributed by atoms with Gasteiger partial charge in [0.1, 0.15) is 5.75 Å². The molecule has 0 unspecified atom stereocenters. The van der Waals surface area contributed by atoms with Gasteiger partial charge in [0.15, 0.2) is 0 Å². The second kappa shape index (κ2) is 7.14. The highest BCUT2D eigenvalue weighted by atomic mass is 16.3. The van der Waals surface area contributed by atoms with Crippen molar-refractivity contribution < 1.29 is 5.11 Å². The molecule has 23 heavy (non-hydrogen) atoms. The van der Waals surface area contributed by atoms with E-state index in [1.54, 1.807) is 0 Å². The summed E-state index contributed by atoms with van der Waals surface area (Å²) in [6.45, 7) is 5.17. The third-order valence-electron chi connectivity index (χ3n) is 4.71. The summed E-state index contributed by atoms with van der Waals surface area (Å²) in [7, 11) is 0. The third kappa shape index (κ3) is 4.11. The number of hydrogen-bond donors (Lipinski definition) is 2. The molecule has 0 bridgehead atoms. The summed E-state index contributed by atoms with van der Waals surface area (Å²) >= 11 is 0. The molecule has 0 saturated carbocycles. The van der Waals surface area contributed by atoms with E-state index >= 15 is 0 Å². The lowest BCUT2D eigenvalue weighted by atomic mass is 9.95. The van der Waals surface area contributed by atoms with Gasteiger partial charge in [-0.1, -0.05) is 18.6 Å². The summed E-state index contributed by atoms with van der Waals surface area (Å²) in [4.78, 5) is 4.54. The number of aromatic nitrogens is 1. The molecule has 1 aromatic heterocycles. The zero-order valence-electron chi connectivity index (χ0n) is 14.1. The molecule has 3 heteroatoms. The molecule has 1 fully saturated rings. The Labute approximate surface area is 138 Å². The average molecular weight is 310 g/mol. The van der Waals surface area contributed by atoms with E-state index in [4.69, 9.17) is 0 Å². The molecular weight excluding hydrogens is 284 g/mol. The predicted octanol–water partition coefficient (Wildman–Crippen LogP) is 4.15. The number of nitrogens with zero attached hydrogens (tertiary/aromatic N) is 1. The smallest absolute Gasteiger partial charge is 0.116 e. The van der Waals surface area contributed by atoms with E-state index in [0.29, 0.717) is 11.8 Å². The highest BCUT2D eigenvalue weighted by molar-refractivity contribution is 5.68. The number of rotatable bonds is 4. The van der Waals surface area contributed by atoms with Crippen molar-refractivity contribution in [2.75, 3.05) is 6.54 Å². The maximum absolute atomic E-state index is 10.1. The van der Waals surface area contributed by atoms with E-state index in [9.17, 15) is 5.11 Å². The zero-order chi connectivity index (χ0) is 16.2. The lowest BCUT2D eigenvalue weighted by Gasteiger charge is -2.23. The van der Waals surface area contributed by atoms with Crippen LogP contribution in [0.25, 0.3) is 11.1 Å². The SMILES string of the molecule is Cc1ccc(-c2cc(O)cc(CC[C@H]3CCCCN3)c2)c(C)n1. The second-order valence-electron chi connectivity index (χ2n) is 6.66. The first-order valence-electron chi connectivity index (χ1n) is 8.63. The first-order chi connectivity index (χ1) is 11.1. The van der Waals surface area contributed by atoms with Crippen LogP contribution in [0.2, 0.25) is 0 Å². The van der Waals surface area contributed by atoms with Crippen LogP contribution < -0.4 is 5.32 Å². The molecule has 1 saturated heterocycles. The zero-order valence-corrected chi connectivity index (χ0v) is 14.1. The largest absolute Gasteiger partial charge is 0.508 e. The number of phenols is 1. The van der Waals surface area contributed by atoms with Crippen LogP contribution in [0.3, 0.4) is 0 Å². The van der Waals surface area contributed by atoms with Gasteiger partial charge in [-0.2, -0.15) is 0 Å². The van der Waals surface area contributed by atoms with Crippen molar-refractivity contribution in [3.05, 3.63) is 47.3 Å². The molecule has 2 heterocycles. The van der Waals surface area contributed by atoms with E-state index in [1.165, 1.54) is 24.8 Å². The summed E-state index contributed by atoms with van der Waals surface area (Å²) < 4.78 is 0. The number of hydrogen-bond acceptors (Lipinski definition) is 3. The minimum absolute atomic E-state index is 0.342. The number of phenolic OH excluding ortho intramolecular Hbond substituents is 1. The molecule has 1 atom stereocenters. The van der Waals surface area contributed by atoms with Crippen LogP contribution in [0.1, 0.15) is 42.6 Å². The van der Waals surface area contributed by atoms with E-state index in [2.05, 4.69) is 22.4 Å². The Bertz CT molecular complexity index is 675. The van der Waals surface area contributed by atoms with Gasteiger partial charge in [-0.25, -0.2) is 0 Å². The van der Waals surface area contributed by atoms with Crippen LogP contribution in [0.15, 0.2) is 30.3 Å². The van der Waals surface area contributed by atoms with Gasteiger partial charge in [0.05, 0.1) is 0 Å². The summed E-state index contributed by atoms with van der Waals surface area (Å²) in [5, 5.41) is 13.7. The van der Waals surface area contributed by atoms with Gasteiger partial charge in [0, 0.05) is 23.0 Å². The molecule has 2 N–H and O–H groups in total. The second-order valence-corrected chi connectivity index (χ2v) is 6.66. The number of piperidine rings is 1. The van der Waals surface area contributed by atoms with Crippen molar-refractivity contribution in [1.29, 1.82) is 0 Å². The van der Waals surface area contributed by atoms with Crippen molar-refractivity contribution in [2.45, 2.75) is 52.0 Å². The van der Waals surface area contributed by atoms with Gasteiger partial charge in [-0.3, -0.25) is 4.98 Å². The normalized spacial score (nSPS) is 18.1. The molecule has 122 valence electrons. The Hall–Kier alpha value is -1.87. The summed E-state index contributed by atoms with van der Waals surface area (Å²) in [6.07, 6.45) is 6.03. The minimum atomic E-state index is 0.342. The molecule has 1 aliphatic heterocycles. The number of nitrogens with one attached hydrogen (secondary N) is 1. The molecule has 2 aromatic rings. The molecule has 3 nitrogen and oxygen atoms in total. The van der Waals surface area contributed by atoms with Gasteiger partial charge in [-0.05, 0) is 75.4 Å². The maximum Gasteiger partial charge on any atom is 0.116 e. The molecule has 1 aliphatic rings. The predicted molar refractivity (Wildman–Crippen MR) is 94.8 cm³/mol. The van der Waals surface area contributed by atoms with Gasteiger partial charge in [-0.15, -0.1) is 0 Å². The van der Waals surface area contributed by atoms with Crippen LogP contribution in [-0.2, 0) is 6.42 Å². The summed E-state index contributed by atoms with van der Waals surface area (Å²) in [5.41, 5.74) is 5.39. The van der Waals surface area contributed by atoms with E-state index in [-0.39, 0.29) is 0 Å². The lowest BCUT2D eigenvalue weighted by molar-refractivity contribution is 0.382. The van der Waals surface area contributed by atoms with Crippen molar-refractivity contribution in [1.82, 2.24) is 10.3 Å². The van der Waals surface area contributed by atoms with E-state index in [1.807, 2.05) is 32.0 Å². The monoisotopic (exact) mass is 310 g/mol. The van der Waals surface area contributed by atoms with Crippen molar-refractivity contribution in [2.24, 2.45) is 0 Å². The van der Waals surface area contributed by atoms with E-state index < -0.39 is 0 Å². The quantitative estimate of drug-likeness (QED) is 0.892. The molecule has 0 amide bonds. The number of aromatic hydroxyl groups is 1. The fourth-order valence-corrected chi connectivity index (χ4v) is 3.48. The van der Waals surface area contributed by atoms with Crippen molar-refractivity contribution >= 4 is 0 Å². The van der Waals surface area contributed by atoms with E-state index in [0.717, 1.165) is 41.9 Å².